The van der Waals surface area contributed by atoms with E-state index in [4.69, 9.17) is 16.3 Å². The summed E-state index contributed by atoms with van der Waals surface area (Å²) in [5.74, 6) is -1.42. The molecule has 2 aromatic carbocycles. The number of halogens is 1. The minimum atomic E-state index is -0.834. The van der Waals surface area contributed by atoms with Gasteiger partial charge in [0.1, 0.15) is 11.5 Å². The van der Waals surface area contributed by atoms with Gasteiger partial charge in [0.25, 0.3) is 11.7 Å². The van der Waals surface area contributed by atoms with Crippen molar-refractivity contribution >= 4 is 40.4 Å². The van der Waals surface area contributed by atoms with Crippen LogP contribution in [0.4, 0.5) is 11.4 Å². The average Bonchev–Trinajstić information content (AvgIpc) is 3.11. The van der Waals surface area contributed by atoms with Crippen molar-refractivity contribution in [2.24, 2.45) is 0 Å². The molecule has 0 radical (unpaired) electrons. The van der Waals surface area contributed by atoms with Crippen LogP contribution in [0.25, 0.3) is 5.76 Å². The number of rotatable bonds is 6. The van der Waals surface area contributed by atoms with Gasteiger partial charge in [-0.25, -0.2) is 0 Å². The van der Waals surface area contributed by atoms with Gasteiger partial charge in [-0.2, -0.15) is 0 Å². The van der Waals surface area contributed by atoms with Gasteiger partial charge in [0.05, 0.1) is 23.2 Å². The SMILES string of the molecule is CCOc1cc(/C(O)=C2/C(=O)C(=O)N(c3ccc(N(C)C)cc3)C2c2ccncc2)ccc1Cl. The monoisotopic (exact) mass is 477 g/mol. The van der Waals surface area contributed by atoms with Crippen LogP contribution in [0.3, 0.4) is 0 Å². The first-order valence-corrected chi connectivity index (χ1v) is 11.1. The van der Waals surface area contributed by atoms with Gasteiger partial charge in [-0.15, -0.1) is 0 Å². The van der Waals surface area contributed by atoms with Gasteiger partial charge in [0, 0.05) is 43.4 Å². The molecule has 2 heterocycles. The molecule has 0 saturated carbocycles. The lowest BCUT2D eigenvalue weighted by Gasteiger charge is -2.26. The number of ketones is 1. The summed E-state index contributed by atoms with van der Waals surface area (Å²) >= 11 is 6.19. The Kier molecular flexibility index (Phi) is 6.56. The van der Waals surface area contributed by atoms with Crippen LogP contribution in [0.5, 0.6) is 5.75 Å². The Morgan fingerprint density at radius 2 is 1.76 bits per heavy atom. The van der Waals surface area contributed by atoms with E-state index in [0.717, 1.165) is 5.69 Å². The van der Waals surface area contributed by atoms with E-state index < -0.39 is 17.7 Å². The largest absolute Gasteiger partial charge is 0.507 e. The Hall–Kier alpha value is -3.84. The zero-order valence-electron chi connectivity index (χ0n) is 19.0. The smallest absolute Gasteiger partial charge is 0.300 e. The molecule has 1 atom stereocenters. The van der Waals surface area contributed by atoms with Crippen molar-refractivity contribution < 1.29 is 19.4 Å². The number of amides is 1. The fourth-order valence-corrected chi connectivity index (χ4v) is 4.12. The highest BCUT2D eigenvalue weighted by Crippen LogP contribution is 2.42. The van der Waals surface area contributed by atoms with Gasteiger partial charge >= 0.3 is 0 Å². The van der Waals surface area contributed by atoms with Crippen molar-refractivity contribution in [1.82, 2.24) is 4.98 Å². The van der Waals surface area contributed by atoms with Crippen LogP contribution in [-0.2, 0) is 9.59 Å². The third kappa shape index (κ3) is 4.22. The molecule has 7 nitrogen and oxygen atoms in total. The van der Waals surface area contributed by atoms with Gasteiger partial charge in [0.2, 0.25) is 0 Å². The topological polar surface area (TPSA) is 83.0 Å². The molecule has 3 aromatic rings. The summed E-state index contributed by atoms with van der Waals surface area (Å²) in [5.41, 5.74) is 2.45. The second-order valence-electron chi connectivity index (χ2n) is 7.94. The van der Waals surface area contributed by atoms with Crippen molar-refractivity contribution in [3.8, 4) is 5.75 Å². The minimum Gasteiger partial charge on any atom is -0.507 e. The number of aromatic nitrogens is 1. The number of anilines is 2. The summed E-state index contributed by atoms with van der Waals surface area (Å²) in [6.07, 6.45) is 3.17. The second-order valence-corrected chi connectivity index (χ2v) is 8.35. The normalized spacial score (nSPS) is 17.2. The molecule has 1 aliphatic heterocycles. The number of hydrogen-bond acceptors (Lipinski definition) is 6. The first-order chi connectivity index (χ1) is 16.3. The molecule has 1 N–H and O–H groups in total. The number of pyridine rings is 1. The summed E-state index contributed by atoms with van der Waals surface area (Å²) in [7, 11) is 3.83. The fourth-order valence-electron chi connectivity index (χ4n) is 3.94. The van der Waals surface area contributed by atoms with Crippen molar-refractivity contribution in [2.75, 3.05) is 30.5 Å². The lowest BCUT2D eigenvalue weighted by Crippen LogP contribution is -2.29. The van der Waals surface area contributed by atoms with E-state index in [1.165, 1.54) is 4.90 Å². The van der Waals surface area contributed by atoms with Gasteiger partial charge in [-0.05, 0) is 67.1 Å². The quantitative estimate of drug-likeness (QED) is 0.311. The number of ether oxygens (including phenoxy) is 1. The van der Waals surface area contributed by atoms with Crippen molar-refractivity contribution in [3.63, 3.8) is 0 Å². The van der Waals surface area contributed by atoms with Crippen LogP contribution in [0.2, 0.25) is 5.02 Å². The maximum Gasteiger partial charge on any atom is 0.300 e. The molecule has 1 fully saturated rings. The van der Waals surface area contributed by atoms with E-state index in [9.17, 15) is 14.7 Å². The lowest BCUT2D eigenvalue weighted by atomic mass is 9.95. The molecule has 8 heteroatoms. The first-order valence-electron chi connectivity index (χ1n) is 10.7. The number of carbonyl (C=O) groups excluding carboxylic acids is 2. The van der Waals surface area contributed by atoms with Crippen molar-refractivity contribution in [2.45, 2.75) is 13.0 Å². The highest BCUT2D eigenvalue weighted by molar-refractivity contribution is 6.51. The van der Waals surface area contributed by atoms with Crippen molar-refractivity contribution in [1.29, 1.82) is 0 Å². The van der Waals surface area contributed by atoms with Gasteiger partial charge in [-0.1, -0.05) is 11.6 Å². The predicted molar refractivity (Wildman–Crippen MR) is 132 cm³/mol. The van der Waals surface area contributed by atoms with Crippen LogP contribution in [0, 0.1) is 0 Å². The van der Waals surface area contributed by atoms with E-state index >= 15 is 0 Å². The molecule has 1 saturated heterocycles. The molecule has 1 aromatic heterocycles. The number of nitrogens with zero attached hydrogens (tertiary/aromatic N) is 3. The molecular formula is C26H24ClN3O4. The third-order valence-corrected chi connectivity index (χ3v) is 5.93. The van der Waals surface area contributed by atoms with Crippen LogP contribution in [0.1, 0.15) is 24.1 Å². The van der Waals surface area contributed by atoms with Gasteiger partial charge < -0.3 is 14.7 Å². The molecule has 174 valence electrons. The zero-order chi connectivity index (χ0) is 24.4. The third-order valence-electron chi connectivity index (χ3n) is 5.62. The Labute approximate surface area is 202 Å². The van der Waals surface area contributed by atoms with Crippen LogP contribution in [-0.4, -0.2) is 42.5 Å². The average molecular weight is 478 g/mol. The Bertz CT molecular complexity index is 1260. The molecule has 34 heavy (non-hydrogen) atoms. The van der Waals surface area contributed by atoms with Crippen molar-refractivity contribution in [3.05, 3.63) is 88.7 Å². The molecule has 0 spiro atoms. The molecule has 1 aliphatic rings. The molecule has 1 amide bonds. The van der Waals surface area contributed by atoms with Gasteiger partial charge in [-0.3, -0.25) is 19.5 Å². The molecular weight excluding hydrogens is 454 g/mol. The number of carbonyl (C=O) groups is 2. The van der Waals surface area contributed by atoms with Crippen LogP contribution in [0.15, 0.2) is 72.6 Å². The lowest BCUT2D eigenvalue weighted by molar-refractivity contribution is -0.132. The summed E-state index contributed by atoms with van der Waals surface area (Å²) in [6, 6.07) is 14.6. The summed E-state index contributed by atoms with van der Waals surface area (Å²) in [5, 5.41) is 11.6. The highest BCUT2D eigenvalue weighted by Gasteiger charge is 2.47. The van der Waals surface area contributed by atoms with Gasteiger partial charge in [0.15, 0.2) is 0 Å². The number of hydrogen-bond donors (Lipinski definition) is 1. The number of benzene rings is 2. The van der Waals surface area contributed by atoms with E-state index in [1.54, 1.807) is 54.9 Å². The zero-order valence-corrected chi connectivity index (χ0v) is 19.8. The molecule has 4 rings (SSSR count). The van der Waals surface area contributed by atoms with Crippen LogP contribution < -0.4 is 14.5 Å². The summed E-state index contributed by atoms with van der Waals surface area (Å²) in [4.78, 5) is 33.9. The Morgan fingerprint density at radius 3 is 2.38 bits per heavy atom. The van der Waals surface area contributed by atoms with E-state index in [1.807, 2.05) is 38.1 Å². The maximum atomic E-state index is 13.3. The summed E-state index contributed by atoms with van der Waals surface area (Å²) in [6.45, 7) is 2.20. The number of aliphatic hydroxyl groups is 1. The standard InChI is InChI=1S/C26H24ClN3O4/c1-4-34-21-15-17(5-10-20(21)27)24(31)22-23(16-11-13-28-14-12-16)30(26(33)25(22)32)19-8-6-18(7-9-19)29(2)3/h5-15,23,31H,4H2,1-3H3/b24-22-. The minimum absolute atomic E-state index is 0.0161. The van der Waals surface area contributed by atoms with E-state index in [2.05, 4.69) is 4.98 Å². The number of aliphatic hydroxyl groups excluding tert-OH is 1. The second kappa shape index (κ2) is 9.57. The van der Waals surface area contributed by atoms with E-state index in [-0.39, 0.29) is 11.3 Å². The Morgan fingerprint density at radius 1 is 1.09 bits per heavy atom. The predicted octanol–water partition coefficient (Wildman–Crippen LogP) is 4.83. The van der Waals surface area contributed by atoms with Crippen LogP contribution >= 0.6 is 11.6 Å². The Balaban J connectivity index is 1.89. The fraction of sp³-hybridized carbons (Fsp3) is 0.192. The highest BCUT2D eigenvalue weighted by atomic mass is 35.5. The molecule has 0 aliphatic carbocycles. The summed E-state index contributed by atoms with van der Waals surface area (Å²) < 4.78 is 5.53. The molecule has 0 bridgehead atoms. The first kappa shape index (κ1) is 23.3. The maximum absolute atomic E-state index is 13.3. The molecule has 1 unspecified atom stereocenters. The number of Topliss-reactive ketones (excluding diaryl/α,β-unsaturated/α-hetero) is 1. The van der Waals surface area contributed by atoms with E-state index in [0.29, 0.717) is 34.2 Å².